The van der Waals surface area contributed by atoms with E-state index >= 15 is 0 Å². The molecule has 2 atom stereocenters. The Morgan fingerprint density at radius 1 is 1.68 bits per heavy atom. The summed E-state index contributed by atoms with van der Waals surface area (Å²) in [4.78, 5) is 12.0. The molecule has 0 spiro atoms. The van der Waals surface area contributed by atoms with Crippen molar-refractivity contribution in [2.24, 2.45) is 0 Å². The van der Waals surface area contributed by atoms with Gasteiger partial charge >= 0.3 is 0 Å². The lowest BCUT2D eigenvalue weighted by atomic mass is 9.96. The SMILES string of the molecule is CC1OCCC1(O)CNC(=O)c1ccc(N)cc1Cl. The standard InChI is InChI=1S/C13H17ClN2O3/c1-8-13(18,4-5-19-8)7-16-12(17)10-3-2-9(15)6-11(10)14/h2-3,6,8,18H,4-5,7,15H2,1H3,(H,16,17). The summed E-state index contributed by atoms with van der Waals surface area (Å²) < 4.78 is 5.30. The molecule has 1 aliphatic heterocycles. The highest BCUT2D eigenvalue weighted by Crippen LogP contribution is 2.25. The highest BCUT2D eigenvalue weighted by Gasteiger charge is 2.39. The first kappa shape index (κ1) is 14.1. The summed E-state index contributed by atoms with van der Waals surface area (Å²) in [6.07, 6.45) is 0.207. The molecule has 0 aromatic heterocycles. The van der Waals surface area contributed by atoms with Crippen LogP contribution in [0.1, 0.15) is 23.7 Å². The minimum atomic E-state index is -1.02. The third kappa shape index (κ3) is 3.00. The number of hydrogen-bond acceptors (Lipinski definition) is 4. The number of benzene rings is 1. The highest BCUT2D eigenvalue weighted by atomic mass is 35.5. The molecule has 1 amide bonds. The molecule has 2 rings (SSSR count). The molecule has 19 heavy (non-hydrogen) atoms. The zero-order chi connectivity index (χ0) is 14.0. The van der Waals surface area contributed by atoms with Crippen LogP contribution in [0, 0.1) is 0 Å². The zero-order valence-electron chi connectivity index (χ0n) is 10.6. The molecule has 0 bridgehead atoms. The smallest absolute Gasteiger partial charge is 0.252 e. The number of anilines is 1. The van der Waals surface area contributed by atoms with Gasteiger partial charge in [-0.2, -0.15) is 0 Å². The van der Waals surface area contributed by atoms with Crippen LogP contribution in [0.25, 0.3) is 0 Å². The summed E-state index contributed by atoms with van der Waals surface area (Å²) in [6.45, 7) is 2.42. The zero-order valence-corrected chi connectivity index (χ0v) is 11.4. The van der Waals surface area contributed by atoms with Gasteiger partial charge in [0.25, 0.3) is 5.91 Å². The average Bonchev–Trinajstić information content (AvgIpc) is 2.67. The number of halogens is 1. The molecule has 0 aliphatic carbocycles. The van der Waals surface area contributed by atoms with Gasteiger partial charge in [0.1, 0.15) is 5.60 Å². The maximum Gasteiger partial charge on any atom is 0.252 e. The van der Waals surface area contributed by atoms with Crippen LogP contribution in [0.15, 0.2) is 18.2 Å². The van der Waals surface area contributed by atoms with E-state index in [9.17, 15) is 9.90 Å². The van der Waals surface area contributed by atoms with E-state index in [0.29, 0.717) is 29.3 Å². The van der Waals surface area contributed by atoms with Gasteiger partial charge in [0, 0.05) is 25.3 Å². The molecule has 1 heterocycles. The largest absolute Gasteiger partial charge is 0.399 e. The molecule has 1 fully saturated rings. The van der Waals surface area contributed by atoms with Crippen LogP contribution in [0.4, 0.5) is 5.69 Å². The fourth-order valence-electron chi connectivity index (χ4n) is 2.05. The maximum atomic E-state index is 12.0. The van der Waals surface area contributed by atoms with Crippen molar-refractivity contribution < 1.29 is 14.6 Å². The van der Waals surface area contributed by atoms with Crippen LogP contribution in [0.3, 0.4) is 0 Å². The quantitative estimate of drug-likeness (QED) is 0.728. The lowest BCUT2D eigenvalue weighted by Gasteiger charge is -2.26. The maximum absolute atomic E-state index is 12.0. The summed E-state index contributed by atoms with van der Waals surface area (Å²) in [5.74, 6) is -0.336. The van der Waals surface area contributed by atoms with Crippen LogP contribution < -0.4 is 11.1 Å². The molecule has 4 N–H and O–H groups in total. The van der Waals surface area contributed by atoms with Crippen molar-refractivity contribution >= 4 is 23.2 Å². The van der Waals surface area contributed by atoms with Gasteiger partial charge in [0.2, 0.25) is 0 Å². The van der Waals surface area contributed by atoms with Crippen molar-refractivity contribution in [3.05, 3.63) is 28.8 Å². The molecule has 1 aromatic carbocycles. The number of amides is 1. The van der Waals surface area contributed by atoms with Crippen molar-refractivity contribution in [2.75, 3.05) is 18.9 Å². The predicted octanol–water partition coefficient (Wildman–Crippen LogP) is 1.19. The topological polar surface area (TPSA) is 84.6 Å². The number of nitrogens with two attached hydrogens (primary N) is 1. The minimum Gasteiger partial charge on any atom is -0.399 e. The van der Waals surface area contributed by atoms with Crippen molar-refractivity contribution in [2.45, 2.75) is 25.0 Å². The number of carbonyl (C=O) groups excluding carboxylic acids is 1. The van der Waals surface area contributed by atoms with Crippen molar-refractivity contribution in [1.82, 2.24) is 5.32 Å². The Morgan fingerprint density at radius 3 is 3.00 bits per heavy atom. The average molecular weight is 285 g/mol. The van der Waals surface area contributed by atoms with Crippen molar-refractivity contribution in [3.63, 3.8) is 0 Å². The fraction of sp³-hybridized carbons (Fsp3) is 0.462. The third-order valence-corrected chi connectivity index (χ3v) is 3.77. The van der Waals surface area contributed by atoms with Crippen LogP contribution in [0.5, 0.6) is 0 Å². The van der Waals surface area contributed by atoms with Gasteiger partial charge in [-0.3, -0.25) is 4.79 Å². The number of hydrogen-bond donors (Lipinski definition) is 3. The van der Waals surface area contributed by atoms with Gasteiger partial charge in [-0.1, -0.05) is 11.6 Å². The highest BCUT2D eigenvalue weighted by molar-refractivity contribution is 6.34. The van der Waals surface area contributed by atoms with Crippen LogP contribution in [-0.2, 0) is 4.74 Å². The molecule has 1 aliphatic rings. The summed E-state index contributed by atoms with van der Waals surface area (Å²) in [5, 5.41) is 13.2. The fourth-order valence-corrected chi connectivity index (χ4v) is 2.32. The summed E-state index contributed by atoms with van der Waals surface area (Å²) >= 11 is 5.96. The third-order valence-electron chi connectivity index (χ3n) is 3.45. The van der Waals surface area contributed by atoms with E-state index in [4.69, 9.17) is 22.1 Å². The van der Waals surface area contributed by atoms with Crippen LogP contribution in [-0.4, -0.2) is 35.9 Å². The number of ether oxygens (including phenoxy) is 1. The number of rotatable bonds is 3. The Balaban J connectivity index is 2.02. The summed E-state index contributed by atoms with van der Waals surface area (Å²) in [6, 6.07) is 4.69. The molecular weight excluding hydrogens is 268 g/mol. The van der Waals surface area contributed by atoms with Gasteiger partial charge in [0.05, 0.1) is 16.7 Å². The van der Waals surface area contributed by atoms with Crippen molar-refractivity contribution in [1.29, 1.82) is 0 Å². The Morgan fingerprint density at radius 2 is 2.42 bits per heavy atom. The van der Waals surface area contributed by atoms with E-state index in [0.717, 1.165) is 0 Å². The monoisotopic (exact) mass is 284 g/mol. The van der Waals surface area contributed by atoms with Gasteiger partial charge in [0.15, 0.2) is 0 Å². The van der Waals surface area contributed by atoms with E-state index in [1.807, 2.05) is 0 Å². The van der Waals surface area contributed by atoms with Crippen LogP contribution >= 0.6 is 11.6 Å². The lowest BCUT2D eigenvalue weighted by molar-refractivity contribution is -0.0251. The summed E-state index contributed by atoms with van der Waals surface area (Å²) in [7, 11) is 0. The molecule has 0 saturated carbocycles. The molecule has 1 saturated heterocycles. The minimum absolute atomic E-state index is 0.133. The Kier molecular flexibility index (Phi) is 3.99. The first-order valence-corrected chi connectivity index (χ1v) is 6.47. The molecule has 6 heteroatoms. The normalized spacial score (nSPS) is 26.4. The van der Waals surface area contributed by atoms with Crippen molar-refractivity contribution in [3.8, 4) is 0 Å². The van der Waals surface area contributed by atoms with Gasteiger partial charge in [-0.05, 0) is 25.1 Å². The molecule has 2 unspecified atom stereocenters. The Bertz CT molecular complexity index is 495. The van der Waals surface area contributed by atoms with Gasteiger partial charge in [-0.15, -0.1) is 0 Å². The number of carbonyl (C=O) groups is 1. The van der Waals surface area contributed by atoms with E-state index < -0.39 is 5.60 Å². The van der Waals surface area contributed by atoms with Gasteiger partial charge < -0.3 is 20.9 Å². The lowest BCUT2D eigenvalue weighted by Crippen LogP contribution is -2.47. The molecule has 0 radical (unpaired) electrons. The number of nitrogen functional groups attached to an aromatic ring is 1. The van der Waals surface area contributed by atoms with Crippen LogP contribution in [0.2, 0.25) is 5.02 Å². The molecular formula is C13H17ClN2O3. The summed E-state index contributed by atoms with van der Waals surface area (Å²) in [5.41, 5.74) is 5.39. The number of aliphatic hydroxyl groups is 1. The molecule has 104 valence electrons. The Hall–Kier alpha value is -1.30. The van der Waals surface area contributed by atoms with E-state index in [1.165, 1.54) is 6.07 Å². The van der Waals surface area contributed by atoms with Gasteiger partial charge in [-0.25, -0.2) is 0 Å². The first-order chi connectivity index (χ1) is 8.92. The second-order valence-corrected chi connectivity index (χ2v) is 5.20. The number of nitrogens with one attached hydrogen (secondary N) is 1. The van der Waals surface area contributed by atoms with E-state index in [1.54, 1.807) is 19.1 Å². The molecule has 5 nitrogen and oxygen atoms in total. The molecule has 1 aromatic rings. The van der Waals surface area contributed by atoms with E-state index in [2.05, 4.69) is 5.32 Å². The predicted molar refractivity (Wildman–Crippen MR) is 73.2 cm³/mol. The first-order valence-electron chi connectivity index (χ1n) is 6.09. The van der Waals surface area contributed by atoms with E-state index in [-0.39, 0.29) is 18.6 Å². The second-order valence-electron chi connectivity index (χ2n) is 4.79. The Labute approximate surface area is 116 Å². The second kappa shape index (κ2) is 5.36.